The van der Waals surface area contributed by atoms with Crippen molar-refractivity contribution in [2.45, 2.75) is 0 Å². The monoisotopic (exact) mass is 401 g/mol. The first-order valence-electron chi connectivity index (χ1n) is 9.24. The Hall–Kier alpha value is -4.20. The van der Waals surface area contributed by atoms with Crippen LogP contribution in [-0.4, -0.2) is 34.9 Å². The van der Waals surface area contributed by atoms with Crippen LogP contribution in [0.25, 0.3) is 22.4 Å². The van der Waals surface area contributed by atoms with E-state index >= 15 is 0 Å². The van der Waals surface area contributed by atoms with E-state index in [1.165, 1.54) is 12.1 Å². The molecular formula is C22H19N5O3. The standard InChI is InChI=1S/C22H19N5O3/c1-26(2)20-11-10-16(27(29)30)13-17(20)22(28)23-15-7-5-6-14(12-15)21-24-18-8-3-4-9-19(18)25-21/h3-13H,1-2H3,(H,23,28)(H,24,25). The number of nitro benzene ring substituents is 1. The summed E-state index contributed by atoms with van der Waals surface area (Å²) in [7, 11) is 3.56. The zero-order valence-corrected chi connectivity index (χ0v) is 16.4. The molecule has 0 saturated heterocycles. The third-order valence-electron chi connectivity index (χ3n) is 4.70. The Morgan fingerprint density at radius 1 is 1.07 bits per heavy atom. The number of nitrogens with one attached hydrogen (secondary N) is 2. The van der Waals surface area contributed by atoms with Crippen LogP contribution in [0.3, 0.4) is 0 Å². The molecule has 1 amide bonds. The molecule has 0 fully saturated rings. The predicted octanol–water partition coefficient (Wildman–Crippen LogP) is 4.46. The number of imidazole rings is 1. The molecule has 0 aliphatic carbocycles. The molecule has 0 spiro atoms. The van der Waals surface area contributed by atoms with Crippen LogP contribution in [-0.2, 0) is 0 Å². The number of anilines is 2. The second kappa shape index (κ2) is 7.67. The maximum atomic E-state index is 12.9. The number of nitro groups is 1. The van der Waals surface area contributed by atoms with E-state index in [9.17, 15) is 14.9 Å². The average molecular weight is 401 g/mol. The highest BCUT2D eigenvalue weighted by Crippen LogP contribution is 2.27. The van der Waals surface area contributed by atoms with Crippen LogP contribution in [0.15, 0.2) is 66.7 Å². The lowest BCUT2D eigenvalue weighted by Crippen LogP contribution is -2.18. The Balaban J connectivity index is 1.65. The Kier molecular flexibility index (Phi) is 4.89. The zero-order chi connectivity index (χ0) is 21.3. The summed E-state index contributed by atoms with van der Waals surface area (Å²) in [5.41, 5.74) is 3.84. The second-order valence-corrected chi connectivity index (χ2v) is 6.99. The summed E-state index contributed by atoms with van der Waals surface area (Å²) in [6.45, 7) is 0. The van der Waals surface area contributed by atoms with Crippen molar-refractivity contribution >= 4 is 34.0 Å². The third-order valence-corrected chi connectivity index (χ3v) is 4.70. The first-order chi connectivity index (χ1) is 14.4. The number of hydrogen-bond acceptors (Lipinski definition) is 5. The van der Waals surface area contributed by atoms with Crippen LogP contribution in [0, 0.1) is 10.1 Å². The smallest absolute Gasteiger partial charge is 0.270 e. The summed E-state index contributed by atoms with van der Waals surface area (Å²) < 4.78 is 0. The number of aromatic nitrogens is 2. The fraction of sp³-hybridized carbons (Fsp3) is 0.0909. The van der Waals surface area contributed by atoms with Gasteiger partial charge >= 0.3 is 0 Å². The molecule has 0 aliphatic rings. The molecule has 30 heavy (non-hydrogen) atoms. The van der Waals surface area contributed by atoms with E-state index in [0.29, 0.717) is 17.2 Å². The van der Waals surface area contributed by atoms with E-state index in [1.807, 2.05) is 42.5 Å². The van der Waals surface area contributed by atoms with E-state index in [0.717, 1.165) is 16.6 Å². The number of H-pyrrole nitrogens is 1. The van der Waals surface area contributed by atoms with Crippen LogP contribution in [0.2, 0.25) is 0 Å². The van der Waals surface area contributed by atoms with Crippen molar-refractivity contribution < 1.29 is 9.72 Å². The van der Waals surface area contributed by atoms with Crippen molar-refractivity contribution in [2.24, 2.45) is 0 Å². The third kappa shape index (κ3) is 3.70. The number of rotatable bonds is 5. The molecule has 0 atom stereocenters. The molecule has 8 nitrogen and oxygen atoms in total. The number of benzene rings is 3. The zero-order valence-electron chi connectivity index (χ0n) is 16.4. The number of carbonyl (C=O) groups is 1. The highest BCUT2D eigenvalue weighted by molar-refractivity contribution is 6.08. The van der Waals surface area contributed by atoms with Crippen molar-refractivity contribution in [3.05, 3.63) is 82.4 Å². The van der Waals surface area contributed by atoms with Gasteiger partial charge in [-0.05, 0) is 30.3 Å². The van der Waals surface area contributed by atoms with E-state index in [2.05, 4.69) is 15.3 Å². The summed E-state index contributed by atoms with van der Waals surface area (Å²) in [6.07, 6.45) is 0. The molecule has 1 heterocycles. The number of fused-ring (bicyclic) bond motifs is 1. The summed E-state index contributed by atoms with van der Waals surface area (Å²) in [5, 5.41) is 14.0. The maximum absolute atomic E-state index is 12.9. The first kappa shape index (κ1) is 19.1. The van der Waals surface area contributed by atoms with Gasteiger partial charge in [-0.1, -0.05) is 24.3 Å². The largest absolute Gasteiger partial charge is 0.377 e. The van der Waals surface area contributed by atoms with Gasteiger partial charge in [-0.3, -0.25) is 14.9 Å². The van der Waals surface area contributed by atoms with Gasteiger partial charge in [-0.15, -0.1) is 0 Å². The minimum absolute atomic E-state index is 0.137. The van der Waals surface area contributed by atoms with Crippen LogP contribution >= 0.6 is 0 Å². The highest BCUT2D eigenvalue weighted by Gasteiger charge is 2.18. The number of aromatic amines is 1. The number of para-hydroxylation sites is 2. The molecule has 0 unspecified atom stereocenters. The van der Waals surface area contributed by atoms with Gasteiger partial charge in [0.05, 0.1) is 21.5 Å². The van der Waals surface area contributed by atoms with Crippen molar-refractivity contribution in [1.82, 2.24) is 9.97 Å². The lowest BCUT2D eigenvalue weighted by atomic mass is 10.1. The van der Waals surface area contributed by atoms with Crippen LogP contribution in [0.4, 0.5) is 17.1 Å². The molecule has 150 valence electrons. The molecule has 0 radical (unpaired) electrons. The van der Waals surface area contributed by atoms with Crippen LogP contribution in [0.1, 0.15) is 10.4 Å². The van der Waals surface area contributed by atoms with Gasteiger partial charge in [-0.2, -0.15) is 0 Å². The van der Waals surface area contributed by atoms with Gasteiger partial charge in [0, 0.05) is 43.2 Å². The van der Waals surface area contributed by atoms with E-state index in [4.69, 9.17) is 0 Å². The topological polar surface area (TPSA) is 104 Å². The molecule has 0 aliphatic heterocycles. The van der Waals surface area contributed by atoms with E-state index < -0.39 is 10.8 Å². The van der Waals surface area contributed by atoms with Gasteiger partial charge in [0.15, 0.2) is 0 Å². The van der Waals surface area contributed by atoms with Crippen LogP contribution < -0.4 is 10.2 Å². The molecule has 0 saturated carbocycles. The van der Waals surface area contributed by atoms with Crippen LogP contribution in [0.5, 0.6) is 0 Å². The van der Waals surface area contributed by atoms with Gasteiger partial charge in [0.25, 0.3) is 11.6 Å². The average Bonchev–Trinajstić information content (AvgIpc) is 3.17. The molecule has 8 heteroatoms. The van der Waals surface area contributed by atoms with Crippen molar-refractivity contribution in [2.75, 3.05) is 24.3 Å². The number of non-ortho nitro benzene ring substituents is 1. The molecule has 1 aromatic heterocycles. The summed E-state index contributed by atoms with van der Waals surface area (Å²) in [6, 6.07) is 19.2. The SMILES string of the molecule is CN(C)c1ccc([N+](=O)[O-])cc1C(=O)Nc1cccc(-c2nc3ccccc3[nH]2)c1. The minimum atomic E-state index is -0.515. The summed E-state index contributed by atoms with van der Waals surface area (Å²) in [4.78, 5) is 33.1. The van der Waals surface area contributed by atoms with Gasteiger partial charge in [0.2, 0.25) is 0 Å². The fourth-order valence-corrected chi connectivity index (χ4v) is 3.24. The number of amides is 1. The normalized spacial score (nSPS) is 10.7. The Morgan fingerprint density at radius 3 is 2.60 bits per heavy atom. The van der Waals surface area contributed by atoms with Crippen molar-refractivity contribution in [1.29, 1.82) is 0 Å². The maximum Gasteiger partial charge on any atom is 0.270 e. The quantitative estimate of drug-likeness (QED) is 0.380. The summed E-state index contributed by atoms with van der Waals surface area (Å²) in [5.74, 6) is 0.265. The predicted molar refractivity (Wildman–Crippen MR) is 117 cm³/mol. The lowest BCUT2D eigenvalue weighted by molar-refractivity contribution is -0.384. The van der Waals surface area contributed by atoms with Gasteiger partial charge in [-0.25, -0.2) is 4.98 Å². The Morgan fingerprint density at radius 2 is 1.87 bits per heavy atom. The second-order valence-electron chi connectivity index (χ2n) is 6.99. The van der Waals surface area contributed by atoms with E-state index in [1.54, 1.807) is 31.1 Å². The molecule has 0 bridgehead atoms. The van der Waals surface area contributed by atoms with E-state index in [-0.39, 0.29) is 11.3 Å². The fourth-order valence-electron chi connectivity index (χ4n) is 3.24. The van der Waals surface area contributed by atoms with Crippen molar-refractivity contribution in [3.63, 3.8) is 0 Å². The molecule has 4 aromatic rings. The van der Waals surface area contributed by atoms with Crippen molar-refractivity contribution in [3.8, 4) is 11.4 Å². The Bertz CT molecular complexity index is 1230. The Labute approximate surface area is 172 Å². The van der Waals surface area contributed by atoms with Gasteiger partial charge < -0.3 is 15.2 Å². The number of hydrogen-bond donors (Lipinski definition) is 2. The molecule has 4 rings (SSSR count). The minimum Gasteiger partial charge on any atom is -0.377 e. The first-order valence-corrected chi connectivity index (χ1v) is 9.24. The van der Waals surface area contributed by atoms with Gasteiger partial charge in [0.1, 0.15) is 5.82 Å². The lowest BCUT2D eigenvalue weighted by Gasteiger charge is -2.17. The molecule has 2 N–H and O–H groups in total. The number of carbonyl (C=O) groups excluding carboxylic acids is 1. The molecule has 3 aromatic carbocycles. The highest BCUT2D eigenvalue weighted by atomic mass is 16.6. The molecular weight excluding hydrogens is 382 g/mol. The number of nitrogens with zero attached hydrogens (tertiary/aromatic N) is 3. The summed E-state index contributed by atoms with van der Waals surface area (Å²) >= 11 is 0.